The molecule has 0 saturated carbocycles. The summed E-state index contributed by atoms with van der Waals surface area (Å²) < 4.78 is 26.3. The number of hydrogen-bond donors (Lipinski definition) is 1. The molecule has 112 valence electrons. The summed E-state index contributed by atoms with van der Waals surface area (Å²) in [4.78, 5) is 2.44. The van der Waals surface area contributed by atoms with Crippen LogP contribution in [0.3, 0.4) is 0 Å². The number of hydrogen-bond acceptors (Lipinski definition) is 4. The smallest absolute Gasteiger partial charge is 0.214 e. The van der Waals surface area contributed by atoms with Crippen LogP contribution in [0.1, 0.15) is 32.6 Å². The van der Waals surface area contributed by atoms with Crippen LogP contribution >= 0.6 is 0 Å². The molecule has 1 atom stereocenters. The van der Waals surface area contributed by atoms with E-state index < -0.39 is 10.0 Å². The van der Waals surface area contributed by atoms with Crippen molar-refractivity contribution in [2.45, 2.75) is 38.6 Å². The Morgan fingerprint density at radius 1 is 1.21 bits per heavy atom. The van der Waals surface area contributed by atoms with E-state index in [0.29, 0.717) is 25.6 Å². The van der Waals surface area contributed by atoms with Crippen molar-refractivity contribution < 1.29 is 8.42 Å². The molecule has 2 heterocycles. The highest BCUT2D eigenvalue weighted by Gasteiger charge is 2.35. The lowest BCUT2D eigenvalue weighted by atomic mass is 10.2. The molecule has 0 aromatic rings. The fraction of sp³-hybridized carbons (Fsp3) is 1.00. The van der Waals surface area contributed by atoms with Crippen molar-refractivity contribution >= 4 is 10.0 Å². The van der Waals surface area contributed by atoms with Gasteiger partial charge in [0, 0.05) is 25.7 Å². The number of nitrogens with zero attached hydrogens (tertiary/aromatic N) is 2. The summed E-state index contributed by atoms with van der Waals surface area (Å²) >= 11 is 0. The van der Waals surface area contributed by atoms with Crippen LogP contribution in [0.2, 0.25) is 0 Å². The third-order valence-corrected chi connectivity index (χ3v) is 6.05. The van der Waals surface area contributed by atoms with Crippen molar-refractivity contribution in [3.8, 4) is 0 Å². The van der Waals surface area contributed by atoms with Gasteiger partial charge in [-0.05, 0) is 45.3 Å². The monoisotopic (exact) mass is 289 g/mol. The average Bonchev–Trinajstić information content (AvgIpc) is 2.85. The molecular formula is C13H27N3O2S. The van der Waals surface area contributed by atoms with Crippen LogP contribution < -0.4 is 5.32 Å². The predicted molar refractivity (Wildman–Crippen MR) is 77.7 cm³/mol. The van der Waals surface area contributed by atoms with Crippen LogP contribution in [0, 0.1) is 0 Å². The van der Waals surface area contributed by atoms with Gasteiger partial charge in [-0.2, -0.15) is 4.31 Å². The lowest BCUT2D eigenvalue weighted by Crippen LogP contribution is -2.52. The maximum Gasteiger partial charge on any atom is 0.214 e. The molecular weight excluding hydrogens is 262 g/mol. The van der Waals surface area contributed by atoms with Gasteiger partial charge in [-0.1, -0.05) is 6.92 Å². The normalized spacial score (nSPS) is 25.6. The SMILES string of the molecule is CCCNCCCS(=O)(=O)N1CCN2CCCC2C1. The minimum atomic E-state index is -3.04. The molecule has 2 rings (SSSR count). The van der Waals surface area contributed by atoms with E-state index in [1.54, 1.807) is 4.31 Å². The van der Waals surface area contributed by atoms with Crippen molar-refractivity contribution in [2.75, 3.05) is 45.0 Å². The van der Waals surface area contributed by atoms with Crippen molar-refractivity contribution in [3.63, 3.8) is 0 Å². The molecule has 0 aromatic carbocycles. The van der Waals surface area contributed by atoms with E-state index in [4.69, 9.17) is 0 Å². The van der Waals surface area contributed by atoms with Crippen LogP contribution in [-0.2, 0) is 10.0 Å². The van der Waals surface area contributed by atoms with E-state index in [0.717, 1.165) is 39.0 Å². The van der Waals surface area contributed by atoms with Gasteiger partial charge in [-0.15, -0.1) is 0 Å². The number of nitrogens with one attached hydrogen (secondary N) is 1. The topological polar surface area (TPSA) is 52.7 Å². The van der Waals surface area contributed by atoms with E-state index in [1.807, 2.05) is 0 Å². The number of piperazine rings is 1. The van der Waals surface area contributed by atoms with Gasteiger partial charge < -0.3 is 5.32 Å². The first-order valence-corrected chi connectivity index (χ1v) is 9.17. The van der Waals surface area contributed by atoms with Gasteiger partial charge in [-0.3, -0.25) is 4.90 Å². The lowest BCUT2D eigenvalue weighted by Gasteiger charge is -2.36. The summed E-state index contributed by atoms with van der Waals surface area (Å²) in [6.45, 7) is 7.35. The van der Waals surface area contributed by atoms with Gasteiger partial charge in [0.1, 0.15) is 0 Å². The zero-order valence-electron chi connectivity index (χ0n) is 12.0. The molecule has 1 unspecified atom stereocenters. The van der Waals surface area contributed by atoms with Crippen LogP contribution in [0.25, 0.3) is 0 Å². The molecule has 2 saturated heterocycles. The summed E-state index contributed by atoms with van der Waals surface area (Å²) in [5.74, 6) is 0.288. The molecule has 5 nitrogen and oxygen atoms in total. The second-order valence-electron chi connectivity index (χ2n) is 5.61. The summed E-state index contributed by atoms with van der Waals surface area (Å²) in [6.07, 6.45) is 4.19. The minimum Gasteiger partial charge on any atom is -0.317 e. The van der Waals surface area contributed by atoms with E-state index in [1.165, 1.54) is 6.42 Å². The molecule has 0 bridgehead atoms. The second kappa shape index (κ2) is 7.02. The maximum absolute atomic E-state index is 12.3. The first-order chi connectivity index (χ1) is 9.13. The van der Waals surface area contributed by atoms with E-state index >= 15 is 0 Å². The number of sulfonamides is 1. The zero-order chi connectivity index (χ0) is 13.7. The Hall–Kier alpha value is -0.170. The Balaban J connectivity index is 1.76. The van der Waals surface area contributed by atoms with Crippen LogP contribution in [0.5, 0.6) is 0 Å². The summed E-state index contributed by atoms with van der Waals surface area (Å²) in [5.41, 5.74) is 0. The largest absolute Gasteiger partial charge is 0.317 e. The van der Waals surface area contributed by atoms with E-state index in [2.05, 4.69) is 17.1 Å². The Labute approximate surface area is 117 Å². The Morgan fingerprint density at radius 2 is 2.05 bits per heavy atom. The van der Waals surface area contributed by atoms with Gasteiger partial charge in [-0.25, -0.2) is 8.42 Å². The first-order valence-electron chi connectivity index (χ1n) is 7.56. The molecule has 6 heteroatoms. The maximum atomic E-state index is 12.3. The number of rotatable bonds is 7. The molecule has 0 radical (unpaired) electrons. The molecule has 0 spiro atoms. The molecule has 0 amide bonds. The van der Waals surface area contributed by atoms with Gasteiger partial charge in [0.05, 0.1) is 5.75 Å². The van der Waals surface area contributed by atoms with E-state index in [9.17, 15) is 8.42 Å². The molecule has 2 aliphatic heterocycles. The van der Waals surface area contributed by atoms with Gasteiger partial charge in [0.2, 0.25) is 10.0 Å². The van der Waals surface area contributed by atoms with Crippen molar-refractivity contribution in [3.05, 3.63) is 0 Å². The average molecular weight is 289 g/mol. The van der Waals surface area contributed by atoms with Crippen molar-refractivity contribution in [2.24, 2.45) is 0 Å². The molecule has 19 heavy (non-hydrogen) atoms. The third-order valence-electron chi connectivity index (χ3n) is 4.13. The van der Waals surface area contributed by atoms with Crippen LogP contribution in [-0.4, -0.2) is 68.7 Å². The summed E-state index contributed by atoms with van der Waals surface area (Å²) in [5, 5.41) is 3.26. The predicted octanol–water partition coefficient (Wildman–Crippen LogP) is 0.486. The summed E-state index contributed by atoms with van der Waals surface area (Å²) in [6, 6.07) is 0.474. The molecule has 2 fully saturated rings. The quantitative estimate of drug-likeness (QED) is 0.693. The Kier molecular flexibility index (Phi) is 5.62. The van der Waals surface area contributed by atoms with Crippen molar-refractivity contribution in [1.29, 1.82) is 0 Å². The second-order valence-corrected chi connectivity index (χ2v) is 7.70. The van der Waals surface area contributed by atoms with Crippen LogP contribution in [0.15, 0.2) is 0 Å². The molecule has 2 aliphatic rings. The molecule has 1 N–H and O–H groups in total. The lowest BCUT2D eigenvalue weighted by molar-refractivity contribution is 0.158. The van der Waals surface area contributed by atoms with Gasteiger partial charge in [0.25, 0.3) is 0 Å². The Bertz CT molecular complexity index is 372. The zero-order valence-corrected chi connectivity index (χ0v) is 12.8. The van der Waals surface area contributed by atoms with Crippen LogP contribution in [0.4, 0.5) is 0 Å². The highest BCUT2D eigenvalue weighted by atomic mass is 32.2. The van der Waals surface area contributed by atoms with Crippen molar-refractivity contribution in [1.82, 2.24) is 14.5 Å². The van der Waals surface area contributed by atoms with E-state index in [-0.39, 0.29) is 5.75 Å². The fourth-order valence-corrected chi connectivity index (χ4v) is 4.55. The standard InChI is InChI=1S/C13H27N3O2S/c1-2-6-14-7-4-11-19(17,18)16-10-9-15-8-3-5-13(15)12-16/h13-14H,2-12H2,1H3. The minimum absolute atomic E-state index is 0.288. The van der Waals surface area contributed by atoms with Gasteiger partial charge >= 0.3 is 0 Å². The first kappa shape index (κ1) is 15.2. The highest BCUT2D eigenvalue weighted by molar-refractivity contribution is 7.89. The third kappa shape index (κ3) is 4.15. The highest BCUT2D eigenvalue weighted by Crippen LogP contribution is 2.23. The molecule has 0 aliphatic carbocycles. The fourth-order valence-electron chi connectivity index (χ4n) is 3.03. The molecule has 0 aromatic heterocycles. The summed E-state index contributed by atoms with van der Waals surface area (Å²) in [7, 11) is -3.04. The van der Waals surface area contributed by atoms with Gasteiger partial charge in [0.15, 0.2) is 0 Å². The Morgan fingerprint density at radius 3 is 2.84 bits per heavy atom. The number of fused-ring (bicyclic) bond motifs is 1.